The molecule has 0 saturated carbocycles. The van der Waals surface area contributed by atoms with Crippen LogP contribution in [-0.4, -0.2) is 37.5 Å². The highest BCUT2D eigenvalue weighted by Crippen LogP contribution is 2.17. The second-order valence-electron chi connectivity index (χ2n) is 5.68. The first-order chi connectivity index (χ1) is 8.69. The molecule has 1 rings (SSSR count). The van der Waals surface area contributed by atoms with Gasteiger partial charge in [-0.2, -0.15) is 0 Å². The van der Waals surface area contributed by atoms with Crippen LogP contribution in [0.15, 0.2) is 0 Å². The van der Waals surface area contributed by atoms with E-state index in [-0.39, 0.29) is 5.92 Å². The minimum Gasteiger partial charge on any atom is -0.345 e. The van der Waals surface area contributed by atoms with Crippen LogP contribution in [-0.2, 0) is 4.79 Å². The summed E-state index contributed by atoms with van der Waals surface area (Å²) in [6.45, 7) is 7.46. The third kappa shape index (κ3) is 4.97. The largest absolute Gasteiger partial charge is 0.345 e. The lowest BCUT2D eigenvalue weighted by molar-refractivity contribution is -0.135. The molecule has 0 radical (unpaired) electrons. The summed E-state index contributed by atoms with van der Waals surface area (Å²) in [7, 11) is 1.98. The first-order valence-electron chi connectivity index (χ1n) is 7.64. The molecule has 106 valence electrons. The van der Waals surface area contributed by atoms with Crippen LogP contribution >= 0.6 is 0 Å². The van der Waals surface area contributed by atoms with Gasteiger partial charge in [0.1, 0.15) is 0 Å². The summed E-state index contributed by atoms with van der Waals surface area (Å²) in [4.78, 5) is 14.3. The molecular weight excluding hydrogens is 224 g/mol. The summed E-state index contributed by atoms with van der Waals surface area (Å²) in [5.74, 6) is 1.25. The Hall–Kier alpha value is -0.570. The molecule has 0 bridgehead atoms. The fourth-order valence-electron chi connectivity index (χ4n) is 2.82. The lowest BCUT2D eigenvalue weighted by Gasteiger charge is -2.29. The van der Waals surface area contributed by atoms with E-state index in [1.165, 1.54) is 25.7 Å². The Bertz CT molecular complexity index is 237. The van der Waals surface area contributed by atoms with Gasteiger partial charge in [0.2, 0.25) is 5.91 Å². The van der Waals surface area contributed by atoms with Crippen molar-refractivity contribution in [1.29, 1.82) is 0 Å². The zero-order chi connectivity index (χ0) is 13.4. The molecule has 0 aliphatic carbocycles. The van der Waals surface area contributed by atoms with E-state index < -0.39 is 0 Å². The Balaban J connectivity index is 2.37. The molecule has 0 aromatic rings. The molecule has 1 saturated heterocycles. The van der Waals surface area contributed by atoms with Crippen molar-refractivity contribution in [3.63, 3.8) is 0 Å². The number of carbonyl (C=O) groups excluding carboxylic acids is 1. The quantitative estimate of drug-likeness (QED) is 0.757. The molecule has 1 heterocycles. The highest BCUT2D eigenvalue weighted by molar-refractivity contribution is 5.78. The second-order valence-corrected chi connectivity index (χ2v) is 5.68. The van der Waals surface area contributed by atoms with Gasteiger partial charge in [-0.1, -0.05) is 26.7 Å². The zero-order valence-corrected chi connectivity index (χ0v) is 12.4. The van der Waals surface area contributed by atoms with Crippen molar-refractivity contribution in [2.75, 3.05) is 26.7 Å². The van der Waals surface area contributed by atoms with Crippen molar-refractivity contribution < 1.29 is 4.79 Å². The number of hydrogen-bond acceptors (Lipinski definition) is 2. The van der Waals surface area contributed by atoms with E-state index >= 15 is 0 Å². The summed E-state index contributed by atoms with van der Waals surface area (Å²) < 4.78 is 0. The molecular formula is C15H30N2O. The molecule has 1 fully saturated rings. The Morgan fingerprint density at radius 1 is 1.44 bits per heavy atom. The Morgan fingerprint density at radius 2 is 2.22 bits per heavy atom. The average Bonchev–Trinajstić information content (AvgIpc) is 2.40. The van der Waals surface area contributed by atoms with Crippen LogP contribution in [0, 0.1) is 11.8 Å². The van der Waals surface area contributed by atoms with E-state index in [4.69, 9.17) is 0 Å². The highest BCUT2D eigenvalue weighted by Gasteiger charge is 2.23. The lowest BCUT2D eigenvalue weighted by atomic mass is 9.95. The molecule has 0 aromatic heterocycles. The SMILES string of the molecule is CCCCC(CC)C(=O)N(C)CC1CCCNC1. The average molecular weight is 254 g/mol. The van der Waals surface area contributed by atoms with Gasteiger partial charge in [-0.25, -0.2) is 0 Å². The number of nitrogens with zero attached hydrogens (tertiary/aromatic N) is 1. The van der Waals surface area contributed by atoms with Crippen molar-refractivity contribution in [3.05, 3.63) is 0 Å². The van der Waals surface area contributed by atoms with E-state index in [0.717, 1.165) is 32.5 Å². The summed E-state index contributed by atoms with van der Waals surface area (Å²) in [6.07, 6.45) is 6.89. The van der Waals surface area contributed by atoms with Crippen LogP contribution in [0.3, 0.4) is 0 Å². The van der Waals surface area contributed by atoms with E-state index in [9.17, 15) is 4.79 Å². The minimum absolute atomic E-state index is 0.242. The van der Waals surface area contributed by atoms with Gasteiger partial charge in [0.05, 0.1) is 0 Å². The van der Waals surface area contributed by atoms with Crippen LogP contribution in [0.1, 0.15) is 52.4 Å². The van der Waals surface area contributed by atoms with Crippen molar-refractivity contribution >= 4 is 5.91 Å². The number of rotatable bonds is 7. The summed E-state index contributed by atoms with van der Waals surface area (Å²) >= 11 is 0. The molecule has 0 aromatic carbocycles. The standard InChI is InChI=1S/C15H30N2O/c1-4-6-9-14(5-2)15(18)17(3)12-13-8-7-10-16-11-13/h13-14,16H,4-12H2,1-3H3. The maximum atomic E-state index is 12.4. The van der Waals surface area contributed by atoms with Crippen molar-refractivity contribution in [3.8, 4) is 0 Å². The molecule has 1 N–H and O–H groups in total. The molecule has 3 nitrogen and oxygen atoms in total. The van der Waals surface area contributed by atoms with E-state index in [1.807, 2.05) is 11.9 Å². The topological polar surface area (TPSA) is 32.3 Å². The van der Waals surface area contributed by atoms with Crippen LogP contribution in [0.5, 0.6) is 0 Å². The maximum absolute atomic E-state index is 12.4. The molecule has 1 aliphatic heterocycles. The molecule has 18 heavy (non-hydrogen) atoms. The fraction of sp³-hybridized carbons (Fsp3) is 0.933. The monoisotopic (exact) mass is 254 g/mol. The van der Waals surface area contributed by atoms with E-state index in [1.54, 1.807) is 0 Å². The minimum atomic E-state index is 0.242. The summed E-state index contributed by atoms with van der Waals surface area (Å²) in [6, 6.07) is 0. The second kappa shape index (κ2) is 8.52. The van der Waals surface area contributed by atoms with Gasteiger partial charge in [0.15, 0.2) is 0 Å². The van der Waals surface area contributed by atoms with Gasteiger partial charge in [-0.3, -0.25) is 4.79 Å². The third-order valence-corrected chi connectivity index (χ3v) is 4.06. The number of carbonyl (C=O) groups is 1. The van der Waals surface area contributed by atoms with Crippen LogP contribution < -0.4 is 5.32 Å². The Labute approximate surface area is 112 Å². The smallest absolute Gasteiger partial charge is 0.225 e. The predicted molar refractivity (Wildman–Crippen MR) is 76.5 cm³/mol. The van der Waals surface area contributed by atoms with Gasteiger partial charge in [0, 0.05) is 19.5 Å². The molecule has 2 atom stereocenters. The van der Waals surface area contributed by atoms with Gasteiger partial charge in [0.25, 0.3) is 0 Å². The van der Waals surface area contributed by atoms with E-state index in [2.05, 4.69) is 19.2 Å². The normalized spacial score (nSPS) is 21.6. The first kappa shape index (κ1) is 15.5. The molecule has 2 unspecified atom stereocenters. The van der Waals surface area contributed by atoms with Crippen LogP contribution in [0.25, 0.3) is 0 Å². The van der Waals surface area contributed by atoms with Crippen molar-refractivity contribution in [2.45, 2.75) is 52.4 Å². The summed E-state index contributed by atoms with van der Waals surface area (Å²) in [5.41, 5.74) is 0. The maximum Gasteiger partial charge on any atom is 0.225 e. The number of unbranched alkanes of at least 4 members (excludes halogenated alkanes) is 1. The van der Waals surface area contributed by atoms with Gasteiger partial charge < -0.3 is 10.2 Å². The molecule has 0 spiro atoms. The Morgan fingerprint density at radius 3 is 2.78 bits per heavy atom. The predicted octanol–water partition coefficient (Wildman–Crippen LogP) is 2.66. The molecule has 1 aliphatic rings. The van der Waals surface area contributed by atoms with Crippen LogP contribution in [0.2, 0.25) is 0 Å². The fourth-order valence-corrected chi connectivity index (χ4v) is 2.82. The number of nitrogens with one attached hydrogen (secondary N) is 1. The number of amides is 1. The third-order valence-electron chi connectivity index (χ3n) is 4.06. The number of piperidine rings is 1. The molecule has 1 amide bonds. The first-order valence-corrected chi connectivity index (χ1v) is 7.64. The van der Waals surface area contributed by atoms with Crippen molar-refractivity contribution in [2.24, 2.45) is 11.8 Å². The number of hydrogen-bond donors (Lipinski definition) is 1. The highest BCUT2D eigenvalue weighted by atomic mass is 16.2. The van der Waals surface area contributed by atoms with Crippen LogP contribution in [0.4, 0.5) is 0 Å². The van der Waals surface area contributed by atoms with Gasteiger partial charge >= 0.3 is 0 Å². The van der Waals surface area contributed by atoms with Gasteiger partial charge in [-0.15, -0.1) is 0 Å². The zero-order valence-electron chi connectivity index (χ0n) is 12.4. The Kier molecular flexibility index (Phi) is 7.33. The van der Waals surface area contributed by atoms with Crippen molar-refractivity contribution in [1.82, 2.24) is 10.2 Å². The van der Waals surface area contributed by atoms with E-state index in [0.29, 0.717) is 11.8 Å². The lowest BCUT2D eigenvalue weighted by Crippen LogP contribution is -2.41. The molecule has 3 heteroatoms. The van der Waals surface area contributed by atoms with Gasteiger partial charge in [-0.05, 0) is 44.7 Å². The summed E-state index contributed by atoms with van der Waals surface area (Å²) in [5, 5.41) is 3.42.